The molecular weight excluding hydrogens is 365 g/mol. The van der Waals surface area contributed by atoms with Crippen molar-refractivity contribution in [3.63, 3.8) is 0 Å². The van der Waals surface area contributed by atoms with Crippen molar-refractivity contribution in [1.82, 2.24) is 4.57 Å². The highest BCUT2D eigenvalue weighted by Gasteiger charge is 2.48. The second-order valence-corrected chi connectivity index (χ2v) is 9.39. The zero-order valence-corrected chi connectivity index (χ0v) is 17.4. The fourth-order valence-electron chi connectivity index (χ4n) is 5.42. The van der Waals surface area contributed by atoms with E-state index < -0.39 is 0 Å². The Morgan fingerprint density at radius 1 is 1.07 bits per heavy atom. The molecule has 1 fully saturated rings. The molecule has 0 radical (unpaired) electrons. The molecule has 0 bridgehead atoms. The molecule has 3 nitrogen and oxygen atoms in total. The zero-order chi connectivity index (χ0) is 20.4. The Kier molecular flexibility index (Phi) is 4.08. The molecule has 1 N–H and O–H groups in total. The molecule has 152 valence electrons. The highest BCUT2D eigenvalue weighted by atomic mass is 19.1. The minimum absolute atomic E-state index is 0.201. The first-order valence-electron chi connectivity index (χ1n) is 10.6. The molecule has 5 rings (SSSR count). The molecule has 2 aliphatic rings. The maximum absolute atomic E-state index is 14.0. The van der Waals surface area contributed by atoms with Crippen molar-refractivity contribution < 1.29 is 14.2 Å². The lowest BCUT2D eigenvalue weighted by Crippen LogP contribution is -2.44. The third-order valence-corrected chi connectivity index (χ3v) is 6.84. The molecule has 1 aromatic heterocycles. The first-order chi connectivity index (χ1) is 13.8. The summed E-state index contributed by atoms with van der Waals surface area (Å²) in [7, 11) is 0. The van der Waals surface area contributed by atoms with Crippen LogP contribution in [0.3, 0.4) is 0 Å². The van der Waals surface area contributed by atoms with E-state index in [-0.39, 0.29) is 16.8 Å². The Labute approximate surface area is 171 Å². The first-order valence-corrected chi connectivity index (χ1v) is 10.6. The summed E-state index contributed by atoms with van der Waals surface area (Å²) in [4.78, 5) is 0. The summed E-state index contributed by atoms with van der Waals surface area (Å²) in [5.41, 5.74) is 4.27. The summed E-state index contributed by atoms with van der Waals surface area (Å²) in [5.74, 6) is 0.0934. The Morgan fingerprint density at radius 2 is 1.83 bits per heavy atom. The van der Waals surface area contributed by atoms with Crippen LogP contribution in [0.5, 0.6) is 5.75 Å². The van der Waals surface area contributed by atoms with Gasteiger partial charge < -0.3 is 14.4 Å². The van der Waals surface area contributed by atoms with Crippen LogP contribution < -0.4 is 0 Å². The molecule has 4 heteroatoms. The van der Waals surface area contributed by atoms with Gasteiger partial charge in [0.1, 0.15) is 11.6 Å². The summed E-state index contributed by atoms with van der Waals surface area (Å²) in [5, 5.41) is 11.8. The lowest BCUT2D eigenvalue weighted by atomic mass is 9.72. The van der Waals surface area contributed by atoms with Crippen LogP contribution in [-0.4, -0.2) is 16.3 Å². The molecule has 1 aliphatic heterocycles. The summed E-state index contributed by atoms with van der Waals surface area (Å²) >= 11 is 0. The molecule has 1 spiro atoms. The van der Waals surface area contributed by atoms with Gasteiger partial charge in [-0.2, -0.15) is 0 Å². The van der Waals surface area contributed by atoms with Crippen molar-refractivity contribution in [3.8, 4) is 11.4 Å². The fourth-order valence-corrected chi connectivity index (χ4v) is 5.42. The van der Waals surface area contributed by atoms with Gasteiger partial charge in [0.15, 0.2) is 0 Å². The number of nitrogens with zero attached hydrogens (tertiary/aromatic N) is 1. The van der Waals surface area contributed by atoms with Gasteiger partial charge in [-0.3, -0.25) is 0 Å². The van der Waals surface area contributed by atoms with Gasteiger partial charge in [-0.25, -0.2) is 4.39 Å². The number of rotatable bonds is 1. The van der Waals surface area contributed by atoms with Gasteiger partial charge in [-0.15, -0.1) is 0 Å². The topological polar surface area (TPSA) is 34.4 Å². The van der Waals surface area contributed by atoms with Crippen molar-refractivity contribution in [1.29, 1.82) is 0 Å². The van der Waals surface area contributed by atoms with Crippen LogP contribution in [0.15, 0.2) is 36.4 Å². The lowest BCUT2D eigenvalue weighted by molar-refractivity contribution is -0.105. The van der Waals surface area contributed by atoms with Gasteiger partial charge in [0, 0.05) is 27.7 Å². The highest BCUT2D eigenvalue weighted by Crippen LogP contribution is 2.54. The lowest BCUT2D eigenvalue weighted by Gasteiger charge is -2.46. The third kappa shape index (κ3) is 2.65. The second kappa shape index (κ2) is 6.33. The summed E-state index contributed by atoms with van der Waals surface area (Å²) < 4.78 is 22.9. The molecule has 0 unspecified atom stereocenters. The van der Waals surface area contributed by atoms with E-state index in [9.17, 15) is 9.50 Å². The molecular formula is C25H28FNO2. The summed E-state index contributed by atoms with van der Waals surface area (Å²) in [6.07, 6.45) is 5.45. The standard InChI is InChI=1S/C25H28FNO2/c1-16-14-17(10-11-18(16)26)27-19-8-7-9-20(28)21(19)22-23(27)24(2,3)15-29-25(22)12-5-4-6-13-25/h7-11,14,28H,4-6,12-13,15H2,1-3H3. The molecule has 0 atom stereocenters. The van der Waals surface area contributed by atoms with Crippen LogP contribution >= 0.6 is 0 Å². The van der Waals surface area contributed by atoms with Crippen molar-refractivity contribution in [2.75, 3.05) is 6.61 Å². The summed E-state index contributed by atoms with van der Waals surface area (Å²) in [6, 6.07) is 11.0. The van der Waals surface area contributed by atoms with Crippen LogP contribution in [0.2, 0.25) is 0 Å². The molecule has 1 aliphatic carbocycles. The van der Waals surface area contributed by atoms with Gasteiger partial charge in [-0.05, 0) is 55.7 Å². The molecule has 0 amide bonds. The number of phenolic OH excluding ortho intramolecular Hbond substituents is 1. The predicted octanol–water partition coefficient (Wildman–Crippen LogP) is 6.25. The zero-order valence-electron chi connectivity index (χ0n) is 17.4. The van der Waals surface area contributed by atoms with Crippen LogP contribution in [0.25, 0.3) is 16.6 Å². The Morgan fingerprint density at radius 3 is 2.55 bits per heavy atom. The predicted molar refractivity (Wildman–Crippen MR) is 113 cm³/mol. The van der Waals surface area contributed by atoms with Gasteiger partial charge in [0.25, 0.3) is 0 Å². The quantitative estimate of drug-likeness (QED) is 0.530. The maximum Gasteiger partial charge on any atom is 0.126 e. The SMILES string of the molecule is Cc1cc(-n2c3c(c4c(O)cccc42)C2(CCCCC2)OCC3(C)C)ccc1F. The number of halogens is 1. The normalized spacial score (nSPS) is 20.1. The average molecular weight is 394 g/mol. The molecule has 2 heterocycles. The van der Waals surface area contributed by atoms with E-state index in [4.69, 9.17) is 4.74 Å². The van der Waals surface area contributed by atoms with E-state index in [1.165, 1.54) is 18.2 Å². The number of fused-ring (bicyclic) bond motifs is 4. The molecule has 0 saturated heterocycles. The van der Waals surface area contributed by atoms with Crippen molar-refractivity contribution in [2.45, 2.75) is 63.9 Å². The van der Waals surface area contributed by atoms with Crippen LogP contribution in [0, 0.1) is 12.7 Å². The number of aromatic nitrogens is 1. The molecule has 2 aromatic carbocycles. The summed E-state index contributed by atoms with van der Waals surface area (Å²) in [6.45, 7) is 6.83. The smallest absolute Gasteiger partial charge is 0.126 e. The van der Waals surface area contributed by atoms with Gasteiger partial charge in [0.2, 0.25) is 0 Å². The largest absolute Gasteiger partial charge is 0.507 e. The number of phenols is 1. The molecule has 3 aromatic rings. The molecule has 1 saturated carbocycles. The van der Waals surface area contributed by atoms with E-state index >= 15 is 0 Å². The maximum atomic E-state index is 14.0. The number of ether oxygens (including phenoxy) is 1. The van der Waals surface area contributed by atoms with E-state index in [1.54, 1.807) is 13.0 Å². The number of hydrogen-bond donors (Lipinski definition) is 1. The third-order valence-electron chi connectivity index (χ3n) is 6.84. The Bertz CT molecular complexity index is 1110. The molecule has 29 heavy (non-hydrogen) atoms. The first kappa shape index (κ1) is 18.7. The minimum atomic E-state index is -0.347. The van der Waals surface area contributed by atoms with Gasteiger partial charge in [0.05, 0.1) is 17.7 Å². The number of hydrogen-bond acceptors (Lipinski definition) is 2. The number of benzene rings is 2. The van der Waals surface area contributed by atoms with Crippen molar-refractivity contribution in [2.24, 2.45) is 0 Å². The van der Waals surface area contributed by atoms with E-state index in [0.717, 1.165) is 47.8 Å². The Hall–Kier alpha value is -2.33. The monoisotopic (exact) mass is 393 g/mol. The average Bonchev–Trinajstić information content (AvgIpc) is 3.07. The van der Waals surface area contributed by atoms with E-state index in [0.29, 0.717) is 17.9 Å². The van der Waals surface area contributed by atoms with Crippen LogP contribution in [0.4, 0.5) is 4.39 Å². The van der Waals surface area contributed by atoms with Crippen LogP contribution in [0.1, 0.15) is 62.8 Å². The Balaban J connectivity index is 1.92. The highest BCUT2D eigenvalue weighted by molar-refractivity contribution is 5.94. The van der Waals surface area contributed by atoms with Crippen molar-refractivity contribution >= 4 is 10.9 Å². The van der Waals surface area contributed by atoms with E-state index in [1.807, 2.05) is 18.2 Å². The van der Waals surface area contributed by atoms with Gasteiger partial charge in [-0.1, -0.05) is 39.2 Å². The number of aromatic hydroxyl groups is 1. The fraction of sp³-hybridized carbons (Fsp3) is 0.440. The van der Waals surface area contributed by atoms with E-state index in [2.05, 4.69) is 24.5 Å². The second-order valence-electron chi connectivity index (χ2n) is 9.39. The van der Waals surface area contributed by atoms with Crippen molar-refractivity contribution in [3.05, 3.63) is 59.0 Å². The minimum Gasteiger partial charge on any atom is -0.507 e. The number of aryl methyl sites for hydroxylation is 1. The van der Waals surface area contributed by atoms with Crippen LogP contribution in [-0.2, 0) is 15.8 Å². The van der Waals surface area contributed by atoms with Gasteiger partial charge >= 0.3 is 0 Å².